The van der Waals surface area contributed by atoms with Crippen LogP contribution >= 0.6 is 0 Å². The Morgan fingerprint density at radius 1 is 1.22 bits per heavy atom. The molecule has 0 aliphatic rings. The third-order valence-electron chi connectivity index (χ3n) is 2.16. The summed E-state index contributed by atoms with van der Waals surface area (Å²) in [7, 11) is 1.68. The van der Waals surface area contributed by atoms with Gasteiger partial charge in [0.05, 0.1) is 0 Å². The van der Waals surface area contributed by atoms with Gasteiger partial charge in [-0.1, -0.05) is 6.07 Å². The summed E-state index contributed by atoms with van der Waals surface area (Å²) in [6.07, 6.45) is 1.62. The Bertz CT molecular complexity index is 562. The predicted octanol–water partition coefficient (Wildman–Crippen LogP) is 2.34. The van der Waals surface area contributed by atoms with E-state index in [-0.39, 0.29) is 5.82 Å². The number of urea groups is 1. The summed E-state index contributed by atoms with van der Waals surface area (Å²) < 4.78 is 28.0. The van der Waals surface area contributed by atoms with Crippen LogP contribution < -0.4 is 10.6 Å². The number of nitrogens with one attached hydrogen (secondary N) is 2. The number of nitrogens with zero attached hydrogens (tertiary/aromatic N) is 2. The quantitative estimate of drug-likeness (QED) is 0.861. The van der Waals surface area contributed by atoms with E-state index in [1.54, 1.807) is 19.3 Å². The van der Waals surface area contributed by atoms with Gasteiger partial charge >= 0.3 is 6.03 Å². The fraction of sp³-hybridized carbons (Fsp3) is 0.0909. The number of aromatic nitrogens is 2. The van der Waals surface area contributed by atoms with Crippen LogP contribution in [0, 0.1) is 11.6 Å². The molecule has 0 bridgehead atoms. The highest BCUT2D eigenvalue weighted by atomic mass is 19.1. The van der Waals surface area contributed by atoms with Gasteiger partial charge in [-0.3, -0.25) is 10.00 Å². The van der Waals surface area contributed by atoms with Crippen LogP contribution in [0.4, 0.5) is 25.1 Å². The zero-order valence-electron chi connectivity index (χ0n) is 9.45. The topological polar surface area (TPSA) is 59.0 Å². The Balaban J connectivity index is 2.08. The van der Waals surface area contributed by atoms with Gasteiger partial charge in [-0.25, -0.2) is 13.6 Å². The third kappa shape index (κ3) is 2.62. The van der Waals surface area contributed by atoms with E-state index in [2.05, 4.69) is 15.7 Å². The molecule has 0 aliphatic heterocycles. The molecule has 0 aliphatic carbocycles. The summed E-state index contributed by atoms with van der Waals surface area (Å²) in [6.45, 7) is 0. The summed E-state index contributed by atoms with van der Waals surface area (Å²) in [5, 5.41) is 8.33. The van der Waals surface area contributed by atoms with Crippen LogP contribution in [0.3, 0.4) is 0 Å². The average Bonchev–Trinajstić information content (AvgIpc) is 2.69. The molecule has 0 radical (unpaired) electrons. The molecule has 2 aromatic rings. The van der Waals surface area contributed by atoms with E-state index in [0.717, 1.165) is 12.1 Å². The molecule has 1 aromatic carbocycles. The molecule has 0 saturated heterocycles. The Hall–Kier alpha value is -2.44. The van der Waals surface area contributed by atoms with Crippen LogP contribution in [0.2, 0.25) is 0 Å². The van der Waals surface area contributed by atoms with Gasteiger partial charge in [-0.15, -0.1) is 0 Å². The molecule has 0 saturated carbocycles. The zero-order valence-corrected chi connectivity index (χ0v) is 9.45. The number of hydrogen-bond donors (Lipinski definition) is 2. The maximum absolute atomic E-state index is 13.3. The van der Waals surface area contributed by atoms with Gasteiger partial charge in [0.2, 0.25) is 0 Å². The number of anilines is 2. The molecular weight excluding hydrogens is 242 g/mol. The number of para-hydroxylation sites is 1. The number of carbonyl (C=O) groups is 1. The molecule has 18 heavy (non-hydrogen) atoms. The van der Waals surface area contributed by atoms with Gasteiger partial charge in [0, 0.05) is 19.3 Å². The van der Waals surface area contributed by atoms with Crippen LogP contribution in [0.5, 0.6) is 0 Å². The zero-order chi connectivity index (χ0) is 13.1. The average molecular weight is 252 g/mol. The minimum Gasteiger partial charge on any atom is -0.303 e. The minimum atomic E-state index is -0.842. The fourth-order valence-corrected chi connectivity index (χ4v) is 1.36. The molecule has 1 aromatic heterocycles. The number of amides is 2. The molecule has 5 nitrogen and oxygen atoms in total. The molecule has 1 heterocycles. The highest BCUT2D eigenvalue weighted by Crippen LogP contribution is 2.18. The number of rotatable bonds is 2. The lowest BCUT2D eigenvalue weighted by Gasteiger charge is -2.07. The molecule has 0 atom stereocenters. The maximum atomic E-state index is 13.3. The highest BCUT2D eigenvalue weighted by molar-refractivity contribution is 5.99. The molecule has 0 spiro atoms. The number of aryl methyl sites for hydroxylation is 1. The molecule has 2 amide bonds. The summed E-state index contributed by atoms with van der Waals surface area (Å²) >= 11 is 0. The number of halogens is 2. The molecule has 0 unspecified atom stereocenters. The normalized spacial score (nSPS) is 10.2. The Labute approximate surface area is 101 Å². The van der Waals surface area contributed by atoms with Gasteiger partial charge in [0.1, 0.15) is 17.3 Å². The van der Waals surface area contributed by atoms with E-state index >= 15 is 0 Å². The second-order valence-corrected chi connectivity index (χ2v) is 3.55. The first-order chi connectivity index (χ1) is 8.56. The molecule has 2 N–H and O–H groups in total. The van der Waals surface area contributed by atoms with Gasteiger partial charge in [0.15, 0.2) is 5.82 Å². The highest BCUT2D eigenvalue weighted by Gasteiger charge is 2.12. The summed E-state index contributed by atoms with van der Waals surface area (Å²) in [5.74, 6) is -1.40. The number of benzene rings is 1. The summed E-state index contributed by atoms with van der Waals surface area (Å²) in [5.41, 5.74) is -0.495. The summed E-state index contributed by atoms with van der Waals surface area (Å²) in [4.78, 5) is 11.5. The lowest BCUT2D eigenvalue weighted by atomic mass is 10.3. The fourth-order valence-electron chi connectivity index (χ4n) is 1.36. The van der Waals surface area contributed by atoms with E-state index in [4.69, 9.17) is 0 Å². The van der Waals surface area contributed by atoms with Crippen molar-refractivity contribution >= 4 is 17.5 Å². The first-order valence-corrected chi connectivity index (χ1v) is 5.08. The van der Waals surface area contributed by atoms with Crippen LogP contribution in [0.15, 0.2) is 30.5 Å². The molecular formula is C11H10F2N4O. The van der Waals surface area contributed by atoms with Crippen molar-refractivity contribution in [3.8, 4) is 0 Å². The minimum absolute atomic E-state index is 0.284. The third-order valence-corrected chi connectivity index (χ3v) is 2.16. The van der Waals surface area contributed by atoms with E-state index in [0.29, 0.717) is 0 Å². The van der Waals surface area contributed by atoms with Crippen molar-refractivity contribution in [1.82, 2.24) is 9.78 Å². The Morgan fingerprint density at radius 2 is 1.89 bits per heavy atom. The van der Waals surface area contributed by atoms with Crippen molar-refractivity contribution in [2.45, 2.75) is 0 Å². The van der Waals surface area contributed by atoms with E-state index in [9.17, 15) is 13.6 Å². The first kappa shape index (κ1) is 12.0. The molecule has 0 fully saturated rings. The smallest absolute Gasteiger partial charge is 0.303 e. The van der Waals surface area contributed by atoms with E-state index in [1.165, 1.54) is 10.7 Å². The van der Waals surface area contributed by atoms with E-state index in [1.807, 2.05) is 0 Å². The van der Waals surface area contributed by atoms with Crippen LogP contribution in [0.25, 0.3) is 0 Å². The van der Waals surface area contributed by atoms with Crippen LogP contribution in [0.1, 0.15) is 0 Å². The van der Waals surface area contributed by atoms with Crippen LogP contribution in [-0.4, -0.2) is 15.8 Å². The van der Waals surface area contributed by atoms with Gasteiger partial charge in [-0.05, 0) is 12.1 Å². The second-order valence-electron chi connectivity index (χ2n) is 3.55. The van der Waals surface area contributed by atoms with Crippen molar-refractivity contribution in [3.63, 3.8) is 0 Å². The first-order valence-electron chi connectivity index (χ1n) is 5.08. The molecule has 7 heteroatoms. The van der Waals surface area contributed by atoms with Gasteiger partial charge in [-0.2, -0.15) is 5.10 Å². The Kier molecular flexibility index (Phi) is 3.22. The molecule has 94 valence electrons. The van der Waals surface area contributed by atoms with Crippen molar-refractivity contribution in [3.05, 3.63) is 42.1 Å². The monoisotopic (exact) mass is 252 g/mol. The maximum Gasteiger partial charge on any atom is 0.325 e. The van der Waals surface area contributed by atoms with Crippen molar-refractivity contribution < 1.29 is 13.6 Å². The van der Waals surface area contributed by atoms with E-state index < -0.39 is 23.4 Å². The second kappa shape index (κ2) is 4.82. The number of hydrogen-bond acceptors (Lipinski definition) is 2. The Morgan fingerprint density at radius 3 is 2.44 bits per heavy atom. The standard InChI is InChI=1S/C11H10F2N4O/c1-17-6-5-9(16-17)14-11(18)15-10-7(12)3-2-4-8(10)13/h2-6H,1H3,(H2,14,15,16,18). The SMILES string of the molecule is Cn1ccc(NC(=O)Nc2c(F)cccc2F)n1. The predicted molar refractivity (Wildman–Crippen MR) is 62.2 cm³/mol. The van der Waals surface area contributed by atoms with Gasteiger partial charge < -0.3 is 5.32 Å². The van der Waals surface area contributed by atoms with Crippen molar-refractivity contribution in [2.75, 3.05) is 10.6 Å². The largest absolute Gasteiger partial charge is 0.325 e. The van der Waals surface area contributed by atoms with Crippen molar-refractivity contribution in [1.29, 1.82) is 0 Å². The lowest BCUT2D eigenvalue weighted by molar-refractivity contribution is 0.262. The molecule has 2 rings (SSSR count). The van der Waals surface area contributed by atoms with Crippen LogP contribution in [-0.2, 0) is 7.05 Å². The van der Waals surface area contributed by atoms with Crippen molar-refractivity contribution in [2.24, 2.45) is 7.05 Å². The summed E-state index contributed by atoms with van der Waals surface area (Å²) in [6, 6.07) is 4.11. The van der Waals surface area contributed by atoms with Gasteiger partial charge in [0.25, 0.3) is 0 Å². The number of carbonyl (C=O) groups excluding carboxylic acids is 1. The lowest BCUT2D eigenvalue weighted by Crippen LogP contribution is -2.21.